The van der Waals surface area contributed by atoms with Gasteiger partial charge in [-0.05, 0) is 43.7 Å². The number of amides is 1. The van der Waals surface area contributed by atoms with Crippen LogP contribution in [0.25, 0.3) is 0 Å². The van der Waals surface area contributed by atoms with E-state index >= 15 is 0 Å². The number of anilines is 2. The lowest BCUT2D eigenvalue weighted by Gasteiger charge is -2.09. The van der Waals surface area contributed by atoms with Crippen molar-refractivity contribution >= 4 is 17.5 Å². The molecule has 0 radical (unpaired) electrons. The van der Waals surface area contributed by atoms with E-state index < -0.39 is 0 Å². The van der Waals surface area contributed by atoms with Gasteiger partial charge in [0.1, 0.15) is 5.69 Å². The number of hydrogen-bond donors (Lipinski definition) is 2. The van der Waals surface area contributed by atoms with Gasteiger partial charge in [0.05, 0.1) is 11.6 Å². The summed E-state index contributed by atoms with van der Waals surface area (Å²) >= 11 is 0. The van der Waals surface area contributed by atoms with E-state index in [1.807, 2.05) is 6.92 Å². The lowest BCUT2D eigenvalue weighted by atomic mass is 10.2. The summed E-state index contributed by atoms with van der Waals surface area (Å²) < 4.78 is 0. The second-order valence-corrected chi connectivity index (χ2v) is 5.50. The summed E-state index contributed by atoms with van der Waals surface area (Å²) in [5.41, 5.74) is 2.39. The van der Waals surface area contributed by atoms with Gasteiger partial charge in [0.25, 0.3) is 5.91 Å². The Hall–Kier alpha value is -2.94. The first-order chi connectivity index (χ1) is 11.6. The third-order valence-electron chi connectivity index (χ3n) is 3.42. The summed E-state index contributed by atoms with van der Waals surface area (Å²) in [5, 5.41) is 14.7. The maximum atomic E-state index is 12.2. The number of carbonyl (C=O) groups excluding carboxylic acids is 1. The molecule has 1 aromatic carbocycles. The number of benzene rings is 1. The van der Waals surface area contributed by atoms with Crippen LogP contribution in [0, 0.1) is 18.3 Å². The number of nitrogens with zero attached hydrogens (tertiary/aromatic N) is 3. The van der Waals surface area contributed by atoms with Crippen molar-refractivity contribution in [2.24, 2.45) is 0 Å². The lowest BCUT2D eigenvalue weighted by molar-refractivity contribution is 0.0948. The summed E-state index contributed by atoms with van der Waals surface area (Å²) in [7, 11) is 0. The molecule has 0 fully saturated rings. The van der Waals surface area contributed by atoms with Crippen LogP contribution in [0.5, 0.6) is 0 Å². The molecule has 1 aromatic heterocycles. The zero-order valence-corrected chi connectivity index (χ0v) is 14.0. The Balaban J connectivity index is 2.07. The molecule has 6 nitrogen and oxygen atoms in total. The van der Waals surface area contributed by atoms with Crippen molar-refractivity contribution in [1.29, 1.82) is 5.26 Å². The van der Waals surface area contributed by atoms with Gasteiger partial charge < -0.3 is 10.6 Å². The van der Waals surface area contributed by atoms with Crippen LogP contribution in [0.4, 0.5) is 11.6 Å². The first-order valence-corrected chi connectivity index (χ1v) is 8.03. The summed E-state index contributed by atoms with van der Waals surface area (Å²) in [6.07, 6.45) is 3.17. The fourth-order valence-corrected chi connectivity index (χ4v) is 2.17. The van der Waals surface area contributed by atoms with E-state index in [0.717, 1.165) is 24.9 Å². The highest BCUT2D eigenvalue weighted by Crippen LogP contribution is 2.14. The smallest absolute Gasteiger partial charge is 0.270 e. The van der Waals surface area contributed by atoms with Crippen molar-refractivity contribution in [2.45, 2.75) is 33.1 Å². The van der Waals surface area contributed by atoms with Gasteiger partial charge in [0.15, 0.2) is 0 Å². The molecular weight excluding hydrogens is 302 g/mol. The number of unbranched alkanes of at least 4 members (excludes halogenated alkanes) is 2. The largest absolute Gasteiger partial charge is 0.351 e. The fraction of sp³-hybridized carbons (Fsp3) is 0.333. The molecule has 0 aliphatic carbocycles. The van der Waals surface area contributed by atoms with Crippen molar-refractivity contribution in [3.05, 3.63) is 47.3 Å². The Labute approximate surface area is 142 Å². The summed E-state index contributed by atoms with van der Waals surface area (Å²) in [6, 6.07) is 10.7. The van der Waals surface area contributed by atoms with Crippen molar-refractivity contribution < 1.29 is 4.79 Å². The lowest BCUT2D eigenvalue weighted by Crippen LogP contribution is -2.25. The average Bonchev–Trinajstić information content (AvgIpc) is 2.58. The minimum atomic E-state index is -0.195. The van der Waals surface area contributed by atoms with E-state index in [0.29, 0.717) is 29.4 Å². The molecule has 2 N–H and O–H groups in total. The van der Waals surface area contributed by atoms with E-state index in [2.05, 4.69) is 33.6 Å². The highest BCUT2D eigenvalue weighted by atomic mass is 16.1. The molecule has 0 aliphatic rings. The molecule has 6 heteroatoms. The molecule has 0 spiro atoms. The van der Waals surface area contributed by atoms with Gasteiger partial charge in [0, 0.05) is 17.9 Å². The van der Waals surface area contributed by atoms with Gasteiger partial charge in [-0.2, -0.15) is 5.26 Å². The first kappa shape index (κ1) is 17.4. The number of hydrogen-bond acceptors (Lipinski definition) is 5. The third-order valence-corrected chi connectivity index (χ3v) is 3.42. The SMILES string of the molecule is CCCCCNC(=O)c1cc(C)nc(Nc2ccc(C#N)cc2)n1. The Morgan fingerprint density at radius 3 is 2.62 bits per heavy atom. The quantitative estimate of drug-likeness (QED) is 0.763. The summed E-state index contributed by atoms with van der Waals surface area (Å²) in [4.78, 5) is 20.8. The van der Waals surface area contributed by atoms with Gasteiger partial charge in [-0.3, -0.25) is 4.79 Å². The predicted molar refractivity (Wildman–Crippen MR) is 93.1 cm³/mol. The molecule has 0 saturated heterocycles. The topological polar surface area (TPSA) is 90.7 Å². The molecule has 0 saturated carbocycles. The first-order valence-electron chi connectivity index (χ1n) is 8.03. The van der Waals surface area contributed by atoms with Crippen LogP contribution < -0.4 is 10.6 Å². The number of rotatable bonds is 7. The van der Waals surface area contributed by atoms with E-state index in [1.165, 1.54) is 0 Å². The second kappa shape index (κ2) is 8.63. The number of aryl methyl sites for hydroxylation is 1. The van der Waals surface area contributed by atoms with Crippen LogP contribution in [0.15, 0.2) is 30.3 Å². The molecule has 124 valence electrons. The summed E-state index contributed by atoms with van der Waals surface area (Å²) in [5.74, 6) is 0.165. The minimum Gasteiger partial charge on any atom is -0.351 e. The Morgan fingerprint density at radius 2 is 1.96 bits per heavy atom. The van der Waals surface area contributed by atoms with Crippen molar-refractivity contribution in [2.75, 3.05) is 11.9 Å². The van der Waals surface area contributed by atoms with Crippen LogP contribution >= 0.6 is 0 Å². The zero-order valence-electron chi connectivity index (χ0n) is 14.0. The van der Waals surface area contributed by atoms with Crippen LogP contribution in [-0.2, 0) is 0 Å². The number of aromatic nitrogens is 2. The van der Waals surface area contributed by atoms with E-state index in [1.54, 1.807) is 30.3 Å². The molecule has 2 aromatic rings. The van der Waals surface area contributed by atoms with Gasteiger partial charge >= 0.3 is 0 Å². The molecule has 2 rings (SSSR count). The van der Waals surface area contributed by atoms with E-state index in [4.69, 9.17) is 5.26 Å². The maximum Gasteiger partial charge on any atom is 0.270 e. The minimum absolute atomic E-state index is 0.195. The third kappa shape index (κ3) is 5.06. The highest BCUT2D eigenvalue weighted by molar-refractivity contribution is 5.92. The van der Waals surface area contributed by atoms with Crippen LogP contribution in [0.1, 0.15) is 47.9 Å². The van der Waals surface area contributed by atoms with E-state index in [9.17, 15) is 4.79 Å². The Morgan fingerprint density at radius 1 is 1.21 bits per heavy atom. The highest BCUT2D eigenvalue weighted by Gasteiger charge is 2.10. The number of carbonyl (C=O) groups is 1. The summed E-state index contributed by atoms with van der Waals surface area (Å²) in [6.45, 7) is 4.59. The molecule has 1 amide bonds. The standard InChI is InChI=1S/C18H21N5O/c1-3-4-5-10-20-17(24)16-11-13(2)21-18(23-16)22-15-8-6-14(12-19)7-9-15/h6-9,11H,3-5,10H2,1-2H3,(H,20,24)(H,21,22,23). The molecule has 24 heavy (non-hydrogen) atoms. The molecule has 0 aliphatic heterocycles. The molecule has 0 bridgehead atoms. The van der Waals surface area contributed by atoms with Crippen molar-refractivity contribution in [1.82, 2.24) is 15.3 Å². The average molecular weight is 323 g/mol. The molecule has 1 heterocycles. The van der Waals surface area contributed by atoms with E-state index in [-0.39, 0.29) is 5.91 Å². The predicted octanol–water partition coefficient (Wildman–Crippen LogP) is 3.32. The second-order valence-electron chi connectivity index (χ2n) is 5.50. The van der Waals surface area contributed by atoms with Crippen molar-refractivity contribution in [3.63, 3.8) is 0 Å². The van der Waals surface area contributed by atoms with Gasteiger partial charge in [-0.25, -0.2) is 9.97 Å². The van der Waals surface area contributed by atoms with Crippen LogP contribution in [0.3, 0.4) is 0 Å². The monoisotopic (exact) mass is 323 g/mol. The number of nitriles is 1. The Kier molecular flexibility index (Phi) is 6.26. The number of nitrogens with one attached hydrogen (secondary N) is 2. The van der Waals surface area contributed by atoms with Gasteiger partial charge in [-0.1, -0.05) is 19.8 Å². The molecule has 0 atom stereocenters. The Bertz CT molecular complexity index is 734. The van der Waals surface area contributed by atoms with Crippen molar-refractivity contribution in [3.8, 4) is 6.07 Å². The molecule has 0 unspecified atom stereocenters. The maximum absolute atomic E-state index is 12.2. The normalized spacial score (nSPS) is 10.0. The van der Waals surface area contributed by atoms with Gasteiger partial charge in [-0.15, -0.1) is 0 Å². The van der Waals surface area contributed by atoms with Gasteiger partial charge in [0.2, 0.25) is 5.95 Å². The van der Waals surface area contributed by atoms with Crippen LogP contribution in [-0.4, -0.2) is 22.4 Å². The van der Waals surface area contributed by atoms with Crippen LogP contribution in [0.2, 0.25) is 0 Å². The molecular formula is C18H21N5O. The zero-order chi connectivity index (χ0) is 17.4. The fourth-order valence-electron chi connectivity index (χ4n) is 2.17.